The highest BCUT2D eigenvalue weighted by Gasteiger charge is 2.32. The molecule has 4 nitrogen and oxygen atoms in total. The Labute approximate surface area is 181 Å². The van der Waals surface area contributed by atoms with Gasteiger partial charge in [-0.3, -0.25) is 0 Å². The molecule has 2 aromatic carbocycles. The second-order valence-corrected chi connectivity index (χ2v) is 8.46. The second kappa shape index (κ2) is 7.19. The smallest absolute Gasteiger partial charge is 0.416 e. The molecule has 0 bridgehead atoms. The summed E-state index contributed by atoms with van der Waals surface area (Å²) in [6, 6.07) is 5.21. The van der Waals surface area contributed by atoms with E-state index in [-0.39, 0.29) is 23.1 Å². The fraction of sp³-hybridized carbons (Fsp3) is 0.348. The monoisotopic (exact) mass is 449 g/mol. The normalized spacial score (nSPS) is 16.1. The van der Waals surface area contributed by atoms with Crippen molar-refractivity contribution in [1.29, 1.82) is 0 Å². The topological polar surface area (TPSA) is 42.7 Å². The highest BCUT2D eigenvalue weighted by molar-refractivity contribution is 6.33. The molecule has 0 unspecified atom stereocenters. The summed E-state index contributed by atoms with van der Waals surface area (Å²) < 4.78 is 51.2. The van der Waals surface area contributed by atoms with Gasteiger partial charge in [-0.05, 0) is 62.4 Å². The van der Waals surface area contributed by atoms with E-state index in [0.29, 0.717) is 24.3 Å². The minimum absolute atomic E-state index is 0.0373. The molecule has 0 radical (unpaired) electrons. The molecule has 2 aliphatic rings. The van der Waals surface area contributed by atoms with Crippen LogP contribution in [0.2, 0.25) is 5.02 Å². The van der Waals surface area contributed by atoms with E-state index >= 15 is 0 Å². The van der Waals surface area contributed by atoms with Crippen LogP contribution >= 0.6 is 11.6 Å². The van der Waals surface area contributed by atoms with Crippen LogP contribution in [0, 0.1) is 6.92 Å². The van der Waals surface area contributed by atoms with E-state index in [9.17, 15) is 18.0 Å². The molecule has 8 heteroatoms. The van der Waals surface area contributed by atoms with Crippen molar-refractivity contribution in [3.63, 3.8) is 0 Å². The number of hydrogen-bond acceptors (Lipinski definition) is 4. The van der Waals surface area contributed by atoms with Crippen molar-refractivity contribution in [3.8, 4) is 5.75 Å². The molecule has 0 fully saturated rings. The summed E-state index contributed by atoms with van der Waals surface area (Å²) in [5.74, 6) is 0.603. The minimum Gasteiger partial charge on any atom is -0.472 e. The summed E-state index contributed by atoms with van der Waals surface area (Å²) in [5, 5.41) is 1.10. The zero-order valence-corrected chi connectivity index (χ0v) is 17.5. The SMILES string of the molecule is Cc1c2c(cc3c4c(c(=O)oc13)CCCC4)CN(c1cc(C(F)(F)F)ccc1Cl)CO2. The van der Waals surface area contributed by atoms with Crippen LogP contribution in [-0.2, 0) is 25.6 Å². The van der Waals surface area contributed by atoms with Crippen LogP contribution in [0.1, 0.15) is 40.7 Å². The Kier molecular flexibility index (Phi) is 4.70. The number of benzene rings is 2. The maximum absolute atomic E-state index is 13.2. The molecule has 0 atom stereocenters. The van der Waals surface area contributed by atoms with Gasteiger partial charge < -0.3 is 14.1 Å². The maximum Gasteiger partial charge on any atom is 0.416 e. The largest absolute Gasteiger partial charge is 0.472 e. The van der Waals surface area contributed by atoms with E-state index in [2.05, 4.69) is 0 Å². The summed E-state index contributed by atoms with van der Waals surface area (Å²) in [6.45, 7) is 2.21. The molecule has 1 aliphatic heterocycles. The lowest BCUT2D eigenvalue weighted by atomic mass is 9.89. The Morgan fingerprint density at radius 1 is 1.10 bits per heavy atom. The van der Waals surface area contributed by atoms with Crippen LogP contribution in [0.25, 0.3) is 11.0 Å². The van der Waals surface area contributed by atoms with Crippen molar-refractivity contribution in [2.75, 3.05) is 11.6 Å². The highest BCUT2D eigenvalue weighted by Crippen LogP contribution is 2.41. The fourth-order valence-corrected chi connectivity index (χ4v) is 4.82. The first-order valence-corrected chi connectivity index (χ1v) is 10.5. The van der Waals surface area contributed by atoms with E-state index < -0.39 is 11.7 Å². The fourth-order valence-electron chi connectivity index (χ4n) is 4.59. The summed E-state index contributed by atoms with van der Waals surface area (Å²) in [4.78, 5) is 14.1. The average molecular weight is 450 g/mol. The number of halogens is 4. The first-order valence-electron chi connectivity index (χ1n) is 10.1. The highest BCUT2D eigenvalue weighted by atomic mass is 35.5. The number of rotatable bonds is 1. The number of aryl methyl sites for hydroxylation is 2. The van der Waals surface area contributed by atoms with E-state index in [0.717, 1.165) is 59.0 Å². The second-order valence-electron chi connectivity index (χ2n) is 8.06. The number of alkyl halides is 3. The first-order chi connectivity index (χ1) is 14.7. The van der Waals surface area contributed by atoms with E-state index in [1.54, 1.807) is 4.90 Å². The zero-order chi connectivity index (χ0) is 21.9. The molecular formula is C23H19ClF3NO3. The van der Waals surface area contributed by atoms with Crippen LogP contribution in [-0.4, -0.2) is 6.73 Å². The molecule has 162 valence electrons. The molecule has 5 rings (SSSR count). The van der Waals surface area contributed by atoms with Crippen LogP contribution < -0.4 is 15.3 Å². The predicted molar refractivity (Wildman–Crippen MR) is 112 cm³/mol. The van der Waals surface area contributed by atoms with Crippen LogP contribution in [0.4, 0.5) is 18.9 Å². The Morgan fingerprint density at radius 3 is 2.58 bits per heavy atom. The van der Waals surface area contributed by atoms with Gasteiger partial charge >= 0.3 is 11.8 Å². The van der Waals surface area contributed by atoms with Gasteiger partial charge in [-0.2, -0.15) is 13.2 Å². The number of ether oxygens (including phenoxy) is 1. The summed E-state index contributed by atoms with van der Waals surface area (Å²) >= 11 is 6.23. The van der Waals surface area contributed by atoms with Gasteiger partial charge in [0.15, 0.2) is 6.73 Å². The van der Waals surface area contributed by atoms with Gasteiger partial charge in [-0.1, -0.05) is 11.6 Å². The quantitative estimate of drug-likeness (QED) is 0.427. The standard InChI is InChI=1S/C23H19ClF3NO3/c1-12-20-13(8-17-15-4-2-3-5-16(15)22(29)31-21(12)17)10-28(11-30-20)19-9-14(23(25,26)27)6-7-18(19)24/h6-9H,2-5,10-11H2,1H3. The Bertz CT molecular complexity index is 1270. The zero-order valence-electron chi connectivity index (χ0n) is 16.7. The van der Waals surface area contributed by atoms with Gasteiger partial charge in [0.25, 0.3) is 0 Å². The van der Waals surface area contributed by atoms with E-state index in [1.165, 1.54) is 6.07 Å². The number of hydrogen-bond donors (Lipinski definition) is 0. The first kappa shape index (κ1) is 20.2. The lowest BCUT2D eigenvalue weighted by Gasteiger charge is -2.33. The van der Waals surface area contributed by atoms with Gasteiger partial charge in [0.05, 0.1) is 16.3 Å². The van der Waals surface area contributed by atoms with Gasteiger partial charge in [0.1, 0.15) is 11.3 Å². The maximum atomic E-state index is 13.2. The summed E-state index contributed by atoms with van der Waals surface area (Å²) in [7, 11) is 0. The number of fused-ring (bicyclic) bond motifs is 4. The molecule has 0 spiro atoms. The lowest BCUT2D eigenvalue weighted by molar-refractivity contribution is -0.137. The van der Waals surface area contributed by atoms with Gasteiger partial charge in [-0.25, -0.2) is 4.79 Å². The van der Waals surface area contributed by atoms with Crippen molar-refractivity contribution < 1.29 is 22.3 Å². The van der Waals surface area contributed by atoms with Crippen molar-refractivity contribution in [1.82, 2.24) is 0 Å². The molecule has 0 N–H and O–H groups in total. The average Bonchev–Trinajstić information content (AvgIpc) is 2.74. The molecule has 3 aromatic rings. The summed E-state index contributed by atoms with van der Waals surface area (Å²) in [5.41, 5.74) is 3.03. The third-order valence-corrected chi connectivity index (χ3v) is 6.43. The Morgan fingerprint density at radius 2 is 1.84 bits per heavy atom. The molecule has 31 heavy (non-hydrogen) atoms. The van der Waals surface area contributed by atoms with Crippen molar-refractivity contribution in [2.24, 2.45) is 0 Å². The summed E-state index contributed by atoms with van der Waals surface area (Å²) in [6.07, 6.45) is -0.995. The third kappa shape index (κ3) is 3.35. The van der Waals surface area contributed by atoms with E-state index in [1.807, 2.05) is 13.0 Å². The molecule has 0 saturated heterocycles. The lowest BCUT2D eigenvalue weighted by Crippen LogP contribution is -2.32. The number of nitrogens with zero attached hydrogens (tertiary/aromatic N) is 1. The van der Waals surface area contributed by atoms with Gasteiger partial charge in [-0.15, -0.1) is 0 Å². The molecule has 0 saturated carbocycles. The van der Waals surface area contributed by atoms with Crippen LogP contribution in [0.5, 0.6) is 5.75 Å². The Balaban J connectivity index is 1.61. The van der Waals surface area contributed by atoms with Crippen molar-refractivity contribution in [3.05, 3.63) is 67.5 Å². The molecular weight excluding hydrogens is 431 g/mol. The minimum atomic E-state index is -4.46. The van der Waals surface area contributed by atoms with Gasteiger partial charge in [0, 0.05) is 28.6 Å². The molecule has 2 heterocycles. The molecule has 1 aliphatic carbocycles. The number of anilines is 1. The molecule has 0 amide bonds. The van der Waals surface area contributed by atoms with Crippen LogP contribution in [0.3, 0.4) is 0 Å². The predicted octanol–water partition coefficient (Wildman–Crippen LogP) is 6.01. The Hall–Kier alpha value is -2.67. The van der Waals surface area contributed by atoms with Gasteiger partial charge in [0.2, 0.25) is 0 Å². The molecule has 1 aromatic heterocycles. The third-order valence-electron chi connectivity index (χ3n) is 6.11. The van der Waals surface area contributed by atoms with Crippen LogP contribution in [0.15, 0.2) is 33.5 Å². The van der Waals surface area contributed by atoms with Crippen molar-refractivity contribution >= 4 is 28.3 Å². The van der Waals surface area contributed by atoms with Crippen molar-refractivity contribution in [2.45, 2.75) is 45.3 Å². The van der Waals surface area contributed by atoms with E-state index in [4.69, 9.17) is 20.8 Å².